The molecule has 3 nitrogen and oxygen atoms in total. The van der Waals surface area contributed by atoms with Crippen molar-refractivity contribution in [2.24, 2.45) is 0 Å². The Hall–Kier alpha value is -1.38. The molecule has 0 saturated carbocycles. The SMILES string of the molecule is COc1c(N)cc(C)c2c1CCO2. The predicted octanol–water partition coefficient (Wildman–Crippen LogP) is 1.52. The molecular weight excluding hydrogens is 166 g/mol. The van der Waals surface area contributed by atoms with Crippen molar-refractivity contribution >= 4 is 5.69 Å². The maximum absolute atomic E-state index is 5.82. The van der Waals surface area contributed by atoms with E-state index in [1.807, 2.05) is 13.0 Å². The van der Waals surface area contributed by atoms with E-state index >= 15 is 0 Å². The molecule has 1 aliphatic rings. The molecule has 13 heavy (non-hydrogen) atoms. The van der Waals surface area contributed by atoms with E-state index in [1.54, 1.807) is 7.11 Å². The first-order valence-corrected chi connectivity index (χ1v) is 4.32. The standard InChI is InChI=1S/C10H13NO2/c1-6-5-8(11)10(12-2)7-3-4-13-9(6)7/h5H,3-4,11H2,1-2H3. The highest BCUT2D eigenvalue weighted by Crippen LogP contribution is 2.40. The third kappa shape index (κ3) is 1.11. The van der Waals surface area contributed by atoms with Crippen LogP contribution in [0.4, 0.5) is 5.69 Å². The minimum absolute atomic E-state index is 0.698. The van der Waals surface area contributed by atoms with Crippen LogP contribution in [-0.4, -0.2) is 13.7 Å². The number of anilines is 1. The molecule has 1 aromatic rings. The number of hydrogen-bond donors (Lipinski definition) is 1. The molecule has 0 atom stereocenters. The zero-order valence-electron chi connectivity index (χ0n) is 7.89. The van der Waals surface area contributed by atoms with Crippen molar-refractivity contribution in [2.45, 2.75) is 13.3 Å². The Bertz CT molecular complexity index is 347. The van der Waals surface area contributed by atoms with Gasteiger partial charge in [-0.25, -0.2) is 0 Å². The molecule has 0 unspecified atom stereocenters. The highest BCUT2D eigenvalue weighted by Gasteiger charge is 2.21. The second-order valence-electron chi connectivity index (χ2n) is 3.22. The number of aryl methyl sites for hydroxylation is 1. The van der Waals surface area contributed by atoms with E-state index in [0.717, 1.165) is 35.7 Å². The first-order valence-electron chi connectivity index (χ1n) is 4.32. The van der Waals surface area contributed by atoms with Crippen LogP contribution in [-0.2, 0) is 6.42 Å². The number of benzene rings is 1. The van der Waals surface area contributed by atoms with Gasteiger partial charge >= 0.3 is 0 Å². The zero-order chi connectivity index (χ0) is 9.42. The third-order valence-electron chi connectivity index (χ3n) is 2.34. The van der Waals surface area contributed by atoms with Gasteiger partial charge in [0, 0.05) is 12.0 Å². The number of fused-ring (bicyclic) bond motifs is 1. The first kappa shape index (κ1) is 8.23. The summed E-state index contributed by atoms with van der Waals surface area (Å²) in [5.74, 6) is 1.73. The topological polar surface area (TPSA) is 44.5 Å². The van der Waals surface area contributed by atoms with Gasteiger partial charge in [0.25, 0.3) is 0 Å². The summed E-state index contributed by atoms with van der Waals surface area (Å²) in [6.07, 6.45) is 0.893. The van der Waals surface area contributed by atoms with Crippen molar-refractivity contribution < 1.29 is 9.47 Å². The summed E-state index contributed by atoms with van der Waals surface area (Å²) >= 11 is 0. The summed E-state index contributed by atoms with van der Waals surface area (Å²) in [6, 6.07) is 1.89. The minimum atomic E-state index is 0.698. The molecule has 0 spiro atoms. The maximum atomic E-state index is 5.82. The van der Waals surface area contributed by atoms with Crippen LogP contribution in [0.1, 0.15) is 11.1 Å². The van der Waals surface area contributed by atoms with Crippen LogP contribution in [0.2, 0.25) is 0 Å². The molecule has 1 aromatic carbocycles. The molecule has 0 fully saturated rings. The normalized spacial score (nSPS) is 13.7. The average Bonchev–Trinajstić information content (AvgIpc) is 2.53. The molecule has 0 aliphatic carbocycles. The van der Waals surface area contributed by atoms with Crippen molar-refractivity contribution in [1.29, 1.82) is 0 Å². The van der Waals surface area contributed by atoms with Gasteiger partial charge in [0.1, 0.15) is 11.5 Å². The lowest BCUT2D eigenvalue weighted by atomic mass is 10.1. The van der Waals surface area contributed by atoms with Gasteiger partial charge in [-0.2, -0.15) is 0 Å². The van der Waals surface area contributed by atoms with Crippen molar-refractivity contribution in [1.82, 2.24) is 0 Å². The van der Waals surface area contributed by atoms with Crippen LogP contribution in [0.3, 0.4) is 0 Å². The van der Waals surface area contributed by atoms with E-state index < -0.39 is 0 Å². The Labute approximate surface area is 77.5 Å². The van der Waals surface area contributed by atoms with Crippen LogP contribution < -0.4 is 15.2 Å². The van der Waals surface area contributed by atoms with Gasteiger partial charge in [0.2, 0.25) is 0 Å². The Morgan fingerprint density at radius 1 is 1.54 bits per heavy atom. The van der Waals surface area contributed by atoms with Crippen molar-refractivity contribution in [3.05, 3.63) is 17.2 Å². The largest absolute Gasteiger partial charge is 0.494 e. The molecule has 0 bridgehead atoms. The molecule has 70 valence electrons. The number of ether oxygens (including phenoxy) is 2. The summed E-state index contributed by atoms with van der Waals surface area (Å²) in [5, 5.41) is 0. The Balaban J connectivity index is 2.65. The molecule has 1 heterocycles. The fourth-order valence-corrected chi connectivity index (χ4v) is 1.80. The van der Waals surface area contributed by atoms with Gasteiger partial charge in [-0.3, -0.25) is 0 Å². The molecule has 0 amide bonds. The number of hydrogen-bond acceptors (Lipinski definition) is 3. The van der Waals surface area contributed by atoms with E-state index in [4.69, 9.17) is 15.2 Å². The fourth-order valence-electron chi connectivity index (χ4n) is 1.80. The summed E-state index contributed by atoms with van der Waals surface area (Å²) < 4.78 is 10.7. The molecule has 2 N–H and O–H groups in total. The molecule has 3 heteroatoms. The number of nitrogen functional groups attached to an aromatic ring is 1. The van der Waals surface area contributed by atoms with Crippen molar-refractivity contribution in [3.8, 4) is 11.5 Å². The van der Waals surface area contributed by atoms with E-state index in [2.05, 4.69) is 0 Å². The lowest BCUT2D eigenvalue weighted by Gasteiger charge is -2.11. The lowest BCUT2D eigenvalue weighted by molar-refractivity contribution is 0.354. The van der Waals surface area contributed by atoms with Gasteiger partial charge < -0.3 is 15.2 Å². The van der Waals surface area contributed by atoms with E-state index in [9.17, 15) is 0 Å². The second kappa shape index (κ2) is 2.83. The zero-order valence-corrected chi connectivity index (χ0v) is 7.89. The van der Waals surface area contributed by atoms with Crippen molar-refractivity contribution in [2.75, 3.05) is 19.5 Å². The van der Waals surface area contributed by atoms with Gasteiger partial charge in [0.05, 0.1) is 19.4 Å². The van der Waals surface area contributed by atoms with Gasteiger partial charge in [-0.1, -0.05) is 0 Å². The van der Waals surface area contributed by atoms with Crippen LogP contribution in [0.15, 0.2) is 6.07 Å². The van der Waals surface area contributed by atoms with E-state index in [-0.39, 0.29) is 0 Å². The fraction of sp³-hybridized carbons (Fsp3) is 0.400. The molecular formula is C10H13NO2. The highest BCUT2D eigenvalue weighted by atomic mass is 16.5. The Morgan fingerprint density at radius 3 is 3.00 bits per heavy atom. The second-order valence-corrected chi connectivity index (χ2v) is 3.22. The monoisotopic (exact) mass is 179 g/mol. The van der Waals surface area contributed by atoms with Crippen LogP contribution in [0.25, 0.3) is 0 Å². The van der Waals surface area contributed by atoms with Gasteiger partial charge in [0.15, 0.2) is 0 Å². The Morgan fingerprint density at radius 2 is 2.31 bits per heavy atom. The lowest BCUT2D eigenvalue weighted by Crippen LogP contribution is -1.97. The highest BCUT2D eigenvalue weighted by molar-refractivity contribution is 5.65. The third-order valence-corrected chi connectivity index (χ3v) is 2.34. The number of rotatable bonds is 1. The van der Waals surface area contributed by atoms with Gasteiger partial charge in [-0.05, 0) is 18.6 Å². The first-order chi connectivity index (χ1) is 6.24. The smallest absolute Gasteiger partial charge is 0.148 e. The minimum Gasteiger partial charge on any atom is -0.494 e. The quantitative estimate of drug-likeness (QED) is 0.665. The molecule has 0 saturated heterocycles. The maximum Gasteiger partial charge on any atom is 0.148 e. The van der Waals surface area contributed by atoms with E-state index in [1.165, 1.54) is 0 Å². The summed E-state index contributed by atoms with van der Waals surface area (Å²) in [6.45, 7) is 2.73. The number of methoxy groups -OCH3 is 1. The average molecular weight is 179 g/mol. The molecule has 2 rings (SSSR count). The number of nitrogens with two attached hydrogens (primary N) is 1. The van der Waals surface area contributed by atoms with Crippen molar-refractivity contribution in [3.63, 3.8) is 0 Å². The van der Waals surface area contributed by atoms with Crippen LogP contribution >= 0.6 is 0 Å². The van der Waals surface area contributed by atoms with E-state index in [0.29, 0.717) is 5.69 Å². The molecule has 1 aliphatic heterocycles. The Kier molecular flexibility index (Phi) is 1.79. The predicted molar refractivity (Wildman–Crippen MR) is 51.3 cm³/mol. The molecule has 0 aromatic heterocycles. The summed E-state index contributed by atoms with van der Waals surface area (Å²) in [4.78, 5) is 0. The van der Waals surface area contributed by atoms with Crippen LogP contribution in [0.5, 0.6) is 11.5 Å². The summed E-state index contributed by atoms with van der Waals surface area (Å²) in [5.41, 5.74) is 8.72. The van der Waals surface area contributed by atoms with Gasteiger partial charge in [-0.15, -0.1) is 0 Å². The summed E-state index contributed by atoms with van der Waals surface area (Å²) in [7, 11) is 1.64. The van der Waals surface area contributed by atoms with Crippen LogP contribution in [0, 0.1) is 6.92 Å². The molecule has 0 radical (unpaired) electrons.